The average Bonchev–Trinajstić information content (AvgIpc) is 2.90. The summed E-state index contributed by atoms with van der Waals surface area (Å²) in [6, 6.07) is 0. The molecule has 102 valence electrons. The molecule has 1 heterocycles. The van der Waals surface area contributed by atoms with Crippen LogP contribution in [0.3, 0.4) is 0 Å². The van der Waals surface area contributed by atoms with Crippen molar-refractivity contribution in [3.63, 3.8) is 0 Å². The van der Waals surface area contributed by atoms with Crippen LogP contribution in [0.15, 0.2) is 5.16 Å². The summed E-state index contributed by atoms with van der Waals surface area (Å²) in [6.07, 6.45) is 6.50. The molecule has 7 nitrogen and oxygen atoms in total. The summed E-state index contributed by atoms with van der Waals surface area (Å²) in [5.41, 5.74) is 0.0424. The van der Waals surface area contributed by atoms with Crippen LogP contribution >= 0.6 is 11.5 Å². The van der Waals surface area contributed by atoms with Crippen LogP contribution < -0.4 is 5.32 Å². The Morgan fingerprint density at radius 2 is 2.16 bits per heavy atom. The second kappa shape index (κ2) is 6.93. The average molecular weight is 282 g/mol. The summed E-state index contributed by atoms with van der Waals surface area (Å²) in [6.45, 7) is 0. The van der Waals surface area contributed by atoms with Crippen molar-refractivity contribution in [2.75, 3.05) is 5.32 Å². The molecule has 19 heavy (non-hydrogen) atoms. The Morgan fingerprint density at radius 3 is 2.84 bits per heavy atom. The van der Waals surface area contributed by atoms with Gasteiger partial charge in [-0.1, -0.05) is 11.6 Å². The van der Waals surface area contributed by atoms with E-state index < -0.39 is 0 Å². The van der Waals surface area contributed by atoms with Gasteiger partial charge < -0.3 is 10.2 Å². The van der Waals surface area contributed by atoms with E-state index in [1.807, 2.05) is 0 Å². The molecular weight excluding hydrogens is 268 g/mol. The van der Waals surface area contributed by atoms with Crippen LogP contribution in [0.25, 0.3) is 0 Å². The molecular formula is C11H14N4O3S. The van der Waals surface area contributed by atoms with Crippen molar-refractivity contribution in [1.29, 1.82) is 0 Å². The number of rotatable bonds is 6. The molecule has 8 heteroatoms. The molecule has 0 unspecified atom stereocenters. The quantitative estimate of drug-likeness (QED) is 0.483. The van der Waals surface area contributed by atoms with Crippen molar-refractivity contribution >= 4 is 35.1 Å². The van der Waals surface area contributed by atoms with Gasteiger partial charge in [0, 0.05) is 11.5 Å². The first-order valence-electron chi connectivity index (χ1n) is 6.06. The fourth-order valence-electron chi connectivity index (χ4n) is 1.85. The number of anilines is 1. The number of amides is 1. The number of aldehydes is 1. The van der Waals surface area contributed by atoms with Gasteiger partial charge in [-0.2, -0.15) is 9.36 Å². The Balaban J connectivity index is 2.00. The van der Waals surface area contributed by atoms with Gasteiger partial charge in [0.1, 0.15) is 6.10 Å². The molecule has 0 saturated heterocycles. The van der Waals surface area contributed by atoms with Crippen molar-refractivity contribution in [3.05, 3.63) is 5.82 Å². The number of aromatic nitrogens is 2. The normalized spacial score (nSPS) is 16.9. The van der Waals surface area contributed by atoms with Gasteiger partial charge in [-0.15, -0.1) is 0 Å². The maximum atomic E-state index is 11.0. The molecule has 1 fully saturated rings. The highest BCUT2D eigenvalue weighted by molar-refractivity contribution is 7.10. The molecule has 0 aliphatic heterocycles. The SMILES string of the molecule is O=CNc1nc(/C(C=O)=N/OC2CCCCC2)ns1. The molecule has 1 amide bonds. The van der Waals surface area contributed by atoms with Gasteiger partial charge in [-0.05, 0) is 25.7 Å². The lowest BCUT2D eigenvalue weighted by atomic mass is 9.98. The number of nitrogens with one attached hydrogen (secondary N) is 1. The zero-order valence-electron chi connectivity index (χ0n) is 10.2. The second-order valence-electron chi connectivity index (χ2n) is 4.15. The first-order valence-corrected chi connectivity index (χ1v) is 6.84. The predicted octanol–water partition coefficient (Wildman–Crippen LogP) is 1.36. The van der Waals surface area contributed by atoms with Gasteiger partial charge in [0.2, 0.25) is 11.5 Å². The summed E-state index contributed by atoms with van der Waals surface area (Å²) in [5, 5.41) is 6.51. The second-order valence-corrected chi connectivity index (χ2v) is 4.90. The number of carbonyl (C=O) groups is 2. The van der Waals surface area contributed by atoms with Crippen LogP contribution in [0.5, 0.6) is 0 Å². The molecule has 0 spiro atoms. The Hall–Kier alpha value is -1.83. The van der Waals surface area contributed by atoms with Crippen LogP contribution in [0.2, 0.25) is 0 Å². The smallest absolute Gasteiger partial charge is 0.213 e. The van der Waals surface area contributed by atoms with E-state index in [4.69, 9.17) is 4.84 Å². The van der Waals surface area contributed by atoms with Crippen LogP contribution in [0.4, 0.5) is 5.13 Å². The monoisotopic (exact) mass is 282 g/mol. The van der Waals surface area contributed by atoms with Crippen LogP contribution in [-0.2, 0) is 14.4 Å². The topological polar surface area (TPSA) is 93.5 Å². The van der Waals surface area contributed by atoms with E-state index in [-0.39, 0.29) is 17.6 Å². The van der Waals surface area contributed by atoms with Gasteiger partial charge in [0.25, 0.3) is 0 Å². The van der Waals surface area contributed by atoms with Gasteiger partial charge in [-0.3, -0.25) is 9.59 Å². The number of nitrogens with zero attached hydrogens (tertiary/aromatic N) is 3. The Kier molecular flexibility index (Phi) is 4.96. The number of carbonyl (C=O) groups excluding carboxylic acids is 2. The van der Waals surface area contributed by atoms with E-state index in [0.717, 1.165) is 37.2 Å². The van der Waals surface area contributed by atoms with E-state index in [2.05, 4.69) is 19.8 Å². The van der Waals surface area contributed by atoms with E-state index >= 15 is 0 Å². The first-order chi connectivity index (χ1) is 9.33. The molecule has 1 saturated carbocycles. The third kappa shape index (κ3) is 3.82. The van der Waals surface area contributed by atoms with Crippen molar-refractivity contribution in [2.24, 2.45) is 5.16 Å². The summed E-state index contributed by atoms with van der Waals surface area (Å²) in [7, 11) is 0. The molecule has 1 aromatic heterocycles. The minimum absolute atomic E-state index is 0.0424. The lowest BCUT2D eigenvalue weighted by molar-refractivity contribution is -0.105. The van der Waals surface area contributed by atoms with Gasteiger partial charge >= 0.3 is 0 Å². The summed E-state index contributed by atoms with van der Waals surface area (Å²) < 4.78 is 3.94. The van der Waals surface area contributed by atoms with Crippen LogP contribution in [0.1, 0.15) is 37.9 Å². The van der Waals surface area contributed by atoms with E-state index in [9.17, 15) is 9.59 Å². The first kappa shape index (κ1) is 13.6. The molecule has 1 aliphatic rings. The molecule has 1 aliphatic carbocycles. The Bertz CT molecular complexity index is 468. The molecule has 0 radical (unpaired) electrons. The van der Waals surface area contributed by atoms with Crippen LogP contribution in [-0.4, -0.2) is 33.9 Å². The van der Waals surface area contributed by atoms with Crippen molar-refractivity contribution in [3.8, 4) is 0 Å². The van der Waals surface area contributed by atoms with Crippen molar-refractivity contribution in [1.82, 2.24) is 9.36 Å². The molecule has 1 N–H and O–H groups in total. The minimum atomic E-state index is 0.0424. The van der Waals surface area contributed by atoms with Gasteiger partial charge in [0.15, 0.2) is 17.8 Å². The van der Waals surface area contributed by atoms with Crippen molar-refractivity contribution < 1.29 is 14.4 Å². The third-order valence-electron chi connectivity index (χ3n) is 2.80. The van der Waals surface area contributed by atoms with E-state index in [1.54, 1.807) is 0 Å². The standard InChI is InChI=1S/C11H14N4O3S/c16-6-9(10-13-11(12-7-17)19-15-10)14-18-8-4-2-1-3-5-8/h6-8H,1-5H2,(H,12,13,15,17)/b14-9+. The van der Waals surface area contributed by atoms with E-state index in [1.165, 1.54) is 6.42 Å². The molecule has 0 aromatic carbocycles. The Labute approximate surface area is 114 Å². The zero-order valence-corrected chi connectivity index (χ0v) is 11.1. The third-order valence-corrected chi connectivity index (χ3v) is 3.45. The number of hydrogen-bond acceptors (Lipinski definition) is 7. The highest BCUT2D eigenvalue weighted by Gasteiger charge is 2.16. The van der Waals surface area contributed by atoms with Crippen LogP contribution in [0, 0.1) is 0 Å². The van der Waals surface area contributed by atoms with Gasteiger partial charge in [-0.25, -0.2) is 0 Å². The summed E-state index contributed by atoms with van der Waals surface area (Å²) in [5.74, 6) is 0.167. The predicted molar refractivity (Wildman–Crippen MR) is 70.2 cm³/mol. The maximum Gasteiger partial charge on any atom is 0.213 e. The molecule has 2 rings (SSSR count). The Morgan fingerprint density at radius 1 is 1.37 bits per heavy atom. The molecule has 1 aromatic rings. The minimum Gasteiger partial charge on any atom is -0.392 e. The highest BCUT2D eigenvalue weighted by atomic mass is 32.1. The number of oxime groups is 1. The highest BCUT2D eigenvalue weighted by Crippen LogP contribution is 2.20. The fraction of sp³-hybridized carbons (Fsp3) is 0.545. The molecule has 0 atom stereocenters. The zero-order chi connectivity index (χ0) is 13.5. The fourth-order valence-corrected chi connectivity index (χ4v) is 2.39. The molecule has 0 bridgehead atoms. The lowest BCUT2D eigenvalue weighted by Crippen LogP contribution is -2.16. The lowest BCUT2D eigenvalue weighted by Gasteiger charge is -2.19. The van der Waals surface area contributed by atoms with Gasteiger partial charge in [0.05, 0.1) is 0 Å². The summed E-state index contributed by atoms with van der Waals surface area (Å²) in [4.78, 5) is 30.5. The maximum absolute atomic E-state index is 11.0. The number of hydrogen-bond donors (Lipinski definition) is 1. The largest absolute Gasteiger partial charge is 0.392 e. The van der Waals surface area contributed by atoms with Crippen molar-refractivity contribution in [2.45, 2.75) is 38.2 Å². The van der Waals surface area contributed by atoms with E-state index in [0.29, 0.717) is 17.8 Å². The summed E-state index contributed by atoms with van der Waals surface area (Å²) >= 11 is 0.981.